The van der Waals surface area contributed by atoms with E-state index in [1.807, 2.05) is 4.90 Å². The molecule has 0 unspecified atom stereocenters. The minimum Gasteiger partial charge on any atom is -0.444 e. The molecule has 1 fully saturated rings. The Balaban J connectivity index is 1.67. The molecule has 1 saturated heterocycles. The maximum atomic E-state index is 13.1. The second kappa shape index (κ2) is 10.7. The molecule has 14 heteroatoms. The van der Waals surface area contributed by atoms with Crippen molar-refractivity contribution < 1.29 is 32.2 Å². The first kappa shape index (κ1) is 28.1. The van der Waals surface area contributed by atoms with Crippen LogP contribution in [0.25, 0.3) is 22.2 Å². The van der Waals surface area contributed by atoms with E-state index in [9.17, 15) is 22.8 Å². The van der Waals surface area contributed by atoms with Crippen LogP contribution in [0.3, 0.4) is 0 Å². The van der Waals surface area contributed by atoms with Gasteiger partial charge in [0, 0.05) is 44.1 Å². The third-order valence-corrected chi connectivity index (χ3v) is 5.89. The highest BCUT2D eigenvalue weighted by molar-refractivity contribution is 6.34. The fourth-order valence-electron chi connectivity index (χ4n) is 4.02. The van der Waals surface area contributed by atoms with Crippen LogP contribution in [0.5, 0.6) is 5.75 Å². The van der Waals surface area contributed by atoms with E-state index in [0.717, 1.165) is 6.07 Å². The number of rotatable bonds is 4. The molecule has 1 N–H and O–H groups in total. The number of pyridine rings is 1. The molecule has 10 nitrogen and oxygen atoms in total. The zero-order valence-electron chi connectivity index (χ0n) is 21.6. The molecule has 3 heterocycles. The van der Waals surface area contributed by atoms with Gasteiger partial charge in [0.15, 0.2) is 5.75 Å². The standard InChI is InChI=1S/C25H26ClF3N6O4/c1-14(36)32-20-6-5-19(38-25(27,28)29)21(33-20)15-12-18-16(11-17(15)26)22(31-13-30-18)34-7-9-35(10-8-34)23(37)39-24(2,3)4/h5-6,11-13H,7-10H2,1-4H3,(H,32,33,36). The van der Waals surface area contributed by atoms with E-state index < -0.39 is 29.7 Å². The number of amides is 2. The van der Waals surface area contributed by atoms with Crippen molar-refractivity contribution in [1.82, 2.24) is 19.9 Å². The number of hydrogen-bond acceptors (Lipinski definition) is 8. The van der Waals surface area contributed by atoms with Crippen LogP contribution in [-0.4, -0.2) is 70.0 Å². The number of ether oxygens (including phenoxy) is 2. The molecule has 1 aromatic carbocycles. The number of anilines is 2. The topological polar surface area (TPSA) is 110 Å². The van der Waals surface area contributed by atoms with E-state index in [0.29, 0.717) is 42.9 Å². The number of carbonyl (C=O) groups is 2. The van der Waals surface area contributed by atoms with Crippen LogP contribution in [0, 0.1) is 0 Å². The Kier molecular flexibility index (Phi) is 7.73. The van der Waals surface area contributed by atoms with Crippen LogP contribution in [0.15, 0.2) is 30.6 Å². The van der Waals surface area contributed by atoms with Crippen molar-refractivity contribution in [3.63, 3.8) is 0 Å². The van der Waals surface area contributed by atoms with Crippen molar-refractivity contribution in [1.29, 1.82) is 0 Å². The molecule has 4 rings (SSSR count). The second-order valence-electron chi connectivity index (χ2n) is 9.77. The maximum Gasteiger partial charge on any atom is 0.573 e. The first-order valence-corrected chi connectivity index (χ1v) is 12.3. The van der Waals surface area contributed by atoms with Gasteiger partial charge in [-0.1, -0.05) is 11.6 Å². The zero-order valence-corrected chi connectivity index (χ0v) is 22.4. The average molecular weight is 567 g/mol. The Morgan fingerprint density at radius 1 is 1.05 bits per heavy atom. The Morgan fingerprint density at radius 3 is 2.36 bits per heavy atom. The van der Waals surface area contributed by atoms with Crippen LogP contribution in [0.2, 0.25) is 5.02 Å². The van der Waals surface area contributed by atoms with E-state index in [-0.39, 0.29) is 22.1 Å². The molecular formula is C25H26ClF3N6O4. The number of aromatic nitrogens is 3. The Morgan fingerprint density at radius 2 is 1.74 bits per heavy atom. The molecule has 208 valence electrons. The third-order valence-electron chi connectivity index (χ3n) is 5.58. The van der Waals surface area contributed by atoms with Gasteiger partial charge in [-0.2, -0.15) is 0 Å². The third kappa shape index (κ3) is 6.96. The Labute approximate surface area is 227 Å². The summed E-state index contributed by atoms with van der Waals surface area (Å²) >= 11 is 6.57. The van der Waals surface area contributed by atoms with Crippen LogP contribution >= 0.6 is 11.6 Å². The Bertz CT molecular complexity index is 1410. The summed E-state index contributed by atoms with van der Waals surface area (Å²) in [5.41, 5.74) is -0.308. The van der Waals surface area contributed by atoms with E-state index in [4.69, 9.17) is 16.3 Å². The predicted molar refractivity (Wildman–Crippen MR) is 139 cm³/mol. The highest BCUT2D eigenvalue weighted by atomic mass is 35.5. The molecule has 0 atom stereocenters. The van der Waals surface area contributed by atoms with Gasteiger partial charge in [-0.15, -0.1) is 13.2 Å². The van der Waals surface area contributed by atoms with Gasteiger partial charge in [-0.3, -0.25) is 4.79 Å². The lowest BCUT2D eigenvalue weighted by atomic mass is 10.1. The minimum absolute atomic E-state index is 0.0226. The molecule has 1 aliphatic rings. The van der Waals surface area contributed by atoms with Crippen molar-refractivity contribution in [3.8, 4) is 17.0 Å². The number of fused-ring (bicyclic) bond motifs is 1. The SMILES string of the molecule is CC(=O)Nc1ccc(OC(F)(F)F)c(-c2cc3ncnc(N4CCN(C(=O)OC(C)(C)C)CC4)c3cc2Cl)n1. The summed E-state index contributed by atoms with van der Waals surface area (Å²) in [6.07, 6.45) is -4.04. The minimum atomic E-state index is -4.98. The second-order valence-corrected chi connectivity index (χ2v) is 10.2. The van der Waals surface area contributed by atoms with E-state index in [1.165, 1.54) is 25.4 Å². The summed E-state index contributed by atoms with van der Waals surface area (Å²) in [5.74, 6) is -0.462. The monoisotopic (exact) mass is 566 g/mol. The van der Waals surface area contributed by atoms with E-state index in [2.05, 4.69) is 25.0 Å². The summed E-state index contributed by atoms with van der Waals surface area (Å²) in [6.45, 7) is 8.40. The largest absolute Gasteiger partial charge is 0.573 e. The van der Waals surface area contributed by atoms with Gasteiger partial charge in [0.05, 0.1) is 10.5 Å². The number of nitrogens with zero attached hydrogens (tertiary/aromatic N) is 5. The number of hydrogen-bond donors (Lipinski definition) is 1. The maximum absolute atomic E-state index is 13.1. The number of benzene rings is 1. The summed E-state index contributed by atoms with van der Waals surface area (Å²) in [4.78, 5) is 40.3. The van der Waals surface area contributed by atoms with Gasteiger partial charge in [-0.05, 0) is 45.0 Å². The normalized spacial score (nSPS) is 14.4. The van der Waals surface area contributed by atoms with E-state index >= 15 is 0 Å². The number of carbonyl (C=O) groups excluding carboxylic acids is 2. The first-order chi connectivity index (χ1) is 18.2. The molecule has 0 radical (unpaired) electrons. The molecule has 1 aliphatic heterocycles. The lowest BCUT2D eigenvalue weighted by molar-refractivity contribution is -0.274. The van der Waals surface area contributed by atoms with Crippen LogP contribution in [-0.2, 0) is 9.53 Å². The van der Waals surface area contributed by atoms with Crippen molar-refractivity contribution in [2.24, 2.45) is 0 Å². The summed E-state index contributed by atoms with van der Waals surface area (Å²) in [6, 6.07) is 5.28. The highest BCUT2D eigenvalue weighted by Crippen LogP contribution is 2.40. The van der Waals surface area contributed by atoms with Gasteiger partial charge in [0.25, 0.3) is 0 Å². The molecule has 2 aromatic heterocycles. The number of alkyl halides is 3. The van der Waals surface area contributed by atoms with Gasteiger partial charge >= 0.3 is 12.5 Å². The smallest absolute Gasteiger partial charge is 0.444 e. The molecule has 0 aliphatic carbocycles. The molecule has 39 heavy (non-hydrogen) atoms. The number of piperazine rings is 1. The average Bonchev–Trinajstić information content (AvgIpc) is 2.82. The quantitative estimate of drug-likeness (QED) is 0.455. The fraction of sp³-hybridized carbons (Fsp3) is 0.400. The molecule has 0 bridgehead atoms. The van der Waals surface area contributed by atoms with Crippen molar-refractivity contribution in [2.75, 3.05) is 36.4 Å². The molecule has 2 amide bonds. The number of halogens is 4. The lowest BCUT2D eigenvalue weighted by Gasteiger charge is -2.36. The number of nitrogens with one attached hydrogen (secondary N) is 1. The summed E-state index contributed by atoms with van der Waals surface area (Å²) < 4.78 is 48.9. The summed E-state index contributed by atoms with van der Waals surface area (Å²) in [5, 5.41) is 3.08. The van der Waals surface area contributed by atoms with Gasteiger partial charge in [-0.25, -0.2) is 19.7 Å². The van der Waals surface area contributed by atoms with Gasteiger partial charge in [0.1, 0.15) is 29.3 Å². The van der Waals surface area contributed by atoms with E-state index in [1.54, 1.807) is 31.7 Å². The molecule has 3 aromatic rings. The zero-order chi connectivity index (χ0) is 28.5. The fourth-order valence-corrected chi connectivity index (χ4v) is 4.27. The first-order valence-electron chi connectivity index (χ1n) is 11.9. The van der Waals surface area contributed by atoms with Gasteiger partial charge < -0.3 is 24.6 Å². The molecular weight excluding hydrogens is 541 g/mol. The van der Waals surface area contributed by atoms with Crippen molar-refractivity contribution >= 4 is 46.1 Å². The summed E-state index contributed by atoms with van der Waals surface area (Å²) in [7, 11) is 0. The van der Waals surface area contributed by atoms with Crippen LogP contribution < -0.4 is 15.0 Å². The van der Waals surface area contributed by atoms with Gasteiger partial charge in [0.2, 0.25) is 5.91 Å². The Hall–Kier alpha value is -3.87. The molecule has 0 spiro atoms. The van der Waals surface area contributed by atoms with Crippen LogP contribution in [0.1, 0.15) is 27.7 Å². The predicted octanol–water partition coefficient (Wildman–Crippen LogP) is 5.26. The van der Waals surface area contributed by atoms with Crippen molar-refractivity contribution in [2.45, 2.75) is 39.7 Å². The van der Waals surface area contributed by atoms with Crippen molar-refractivity contribution in [3.05, 3.63) is 35.6 Å². The molecule has 0 saturated carbocycles. The lowest BCUT2D eigenvalue weighted by Crippen LogP contribution is -2.50. The van der Waals surface area contributed by atoms with Crippen LogP contribution in [0.4, 0.5) is 29.6 Å². The highest BCUT2D eigenvalue weighted by Gasteiger charge is 2.33.